The van der Waals surface area contributed by atoms with Gasteiger partial charge in [-0.3, -0.25) is 10.1 Å². The van der Waals surface area contributed by atoms with Crippen LogP contribution >= 0.6 is 0 Å². The Morgan fingerprint density at radius 2 is 2.10 bits per heavy atom. The first-order valence-electron chi connectivity index (χ1n) is 7.68. The lowest BCUT2D eigenvalue weighted by Crippen LogP contribution is -2.48. The second kappa shape index (κ2) is 7.44. The molecule has 110 valence electrons. The van der Waals surface area contributed by atoms with Crippen LogP contribution in [0, 0.1) is 5.92 Å². The largest absolute Gasteiger partial charge is 0.462 e. The monoisotopic (exact) mass is 275 g/mol. The summed E-state index contributed by atoms with van der Waals surface area (Å²) in [5.41, 5.74) is 1.19. The fourth-order valence-electron chi connectivity index (χ4n) is 2.74. The van der Waals surface area contributed by atoms with Gasteiger partial charge in [0.1, 0.15) is 12.6 Å². The van der Waals surface area contributed by atoms with E-state index in [4.69, 9.17) is 4.74 Å². The molecule has 3 heteroatoms. The molecule has 1 N–H and O–H groups in total. The Hall–Kier alpha value is -1.35. The van der Waals surface area contributed by atoms with E-state index in [0.29, 0.717) is 12.5 Å². The SMILES string of the molecule is CCCCC(C)CC1N[C@@H](c2ccccc2)COC1=O. The highest BCUT2D eigenvalue weighted by atomic mass is 16.5. The van der Waals surface area contributed by atoms with Gasteiger partial charge in [0.25, 0.3) is 0 Å². The number of esters is 1. The molecule has 1 saturated heterocycles. The van der Waals surface area contributed by atoms with E-state index in [1.165, 1.54) is 24.8 Å². The number of hydrogen-bond donors (Lipinski definition) is 1. The number of rotatable bonds is 6. The minimum Gasteiger partial charge on any atom is -0.462 e. The van der Waals surface area contributed by atoms with Crippen LogP contribution in [0.4, 0.5) is 0 Å². The number of ether oxygens (including phenoxy) is 1. The Morgan fingerprint density at radius 1 is 1.35 bits per heavy atom. The Balaban J connectivity index is 1.93. The van der Waals surface area contributed by atoms with Gasteiger partial charge >= 0.3 is 5.97 Å². The molecule has 1 aliphatic rings. The van der Waals surface area contributed by atoms with Gasteiger partial charge in [0.05, 0.1) is 6.04 Å². The Morgan fingerprint density at radius 3 is 2.80 bits per heavy atom. The van der Waals surface area contributed by atoms with Crippen LogP contribution in [0.25, 0.3) is 0 Å². The fraction of sp³-hybridized carbons (Fsp3) is 0.588. The number of cyclic esters (lactones) is 1. The molecule has 2 rings (SSSR count). The molecule has 0 aromatic heterocycles. The molecule has 1 aliphatic heterocycles. The van der Waals surface area contributed by atoms with E-state index >= 15 is 0 Å². The zero-order valence-electron chi connectivity index (χ0n) is 12.5. The number of unbranched alkanes of at least 4 members (excludes halogenated alkanes) is 1. The maximum atomic E-state index is 11.9. The predicted molar refractivity (Wildman–Crippen MR) is 80.4 cm³/mol. The van der Waals surface area contributed by atoms with Crippen molar-refractivity contribution in [2.45, 2.75) is 51.6 Å². The summed E-state index contributed by atoms with van der Waals surface area (Å²) in [4.78, 5) is 11.9. The second-order valence-corrected chi connectivity index (χ2v) is 5.80. The van der Waals surface area contributed by atoms with Crippen molar-refractivity contribution in [2.24, 2.45) is 5.92 Å². The highest BCUT2D eigenvalue weighted by Gasteiger charge is 2.31. The van der Waals surface area contributed by atoms with Crippen LogP contribution in [0.1, 0.15) is 51.1 Å². The third kappa shape index (κ3) is 4.07. The van der Waals surface area contributed by atoms with Crippen molar-refractivity contribution >= 4 is 5.97 Å². The minimum absolute atomic E-state index is 0.0967. The van der Waals surface area contributed by atoms with E-state index in [2.05, 4.69) is 31.3 Å². The van der Waals surface area contributed by atoms with Gasteiger partial charge in [-0.15, -0.1) is 0 Å². The van der Waals surface area contributed by atoms with Crippen molar-refractivity contribution in [2.75, 3.05) is 6.61 Å². The highest BCUT2D eigenvalue weighted by Crippen LogP contribution is 2.22. The van der Waals surface area contributed by atoms with Crippen molar-refractivity contribution in [1.82, 2.24) is 5.32 Å². The average Bonchev–Trinajstić information content (AvgIpc) is 2.48. The smallest absolute Gasteiger partial charge is 0.323 e. The molecule has 1 aromatic carbocycles. The number of carbonyl (C=O) groups excluding carboxylic acids is 1. The third-order valence-electron chi connectivity index (χ3n) is 3.97. The Bertz CT molecular complexity index is 418. The van der Waals surface area contributed by atoms with Gasteiger partial charge in [-0.2, -0.15) is 0 Å². The summed E-state index contributed by atoms with van der Waals surface area (Å²) in [6, 6.07) is 10.2. The van der Waals surface area contributed by atoms with Gasteiger partial charge in [0.2, 0.25) is 0 Å². The van der Waals surface area contributed by atoms with Crippen LogP contribution in [0.2, 0.25) is 0 Å². The lowest BCUT2D eigenvalue weighted by molar-refractivity contribution is -0.152. The van der Waals surface area contributed by atoms with E-state index in [9.17, 15) is 4.79 Å². The summed E-state index contributed by atoms with van der Waals surface area (Å²) >= 11 is 0. The number of hydrogen-bond acceptors (Lipinski definition) is 3. The van der Waals surface area contributed by atoms with E-state index in [1.54, 1.807) is 0 Å². The molecule has 0 aliphatic carbocycles. The van der Waals surface area contributed by atoms with Crippen LogP contribution in [-0.4, -0.2) is 18.6 Å². The summed E-state index contributed by atoms with van der Waals surface area (Å²) in [5, 5.41) is 3.45. The van der Waals surface area contributed by atoms with Crippen LogP contribution in [0.3, 0.4) is 0 Å². The topological polar surface area (TPSA) is 38.3 Å². The van der Waals surface area contributed by atoms with Gasteiger partial charge in [0, 0.05) is 0 Å². The standard InChI is InChI=1S/C17H25NO2/c1-3-4-8-13(2)11-15-17(19)20-12-16(18-15)14-9-6-5-7-10-14/h5-7,9-10,13,15-16,18H,3-4,8,11-12H2,1-2H3/t13?,15?,16-/m1/s1. The zero-order valence-corrected chi connectivity index (χ0v) is 12.5. The molecule has 3 nitrogen and oxygen atoms in total. The zero-order chi connectivity index (χ0) is 14.4. The first kappa shape index (κ1) is 15.0. The lowest BCUT2D eigenvalue weighted by atomic mass is 9.94. The second-order valence-electron chi connectivity index (χ2n) is 5.80. The van der Waals surface area contributed by atoms with Crippen LogP contribution in [0.5, 0.6) is 0 Å². The molecular formula is C17H25NO2. The molecular weight excluding hydrogens is 250 g/mol. The van der Waals surface area contributed by atoms with Crippen molar-refractivity contribution in [1.29, 1.82) is 0 Å². The van der Waals surface area contributed by atoms with Crippen LogP contribution in [-0.2, 0) is 9.53 Å². The highest BCUT2D eigenvalue weighted by molar-refractivity contribution is 5.76. The van der Waals surface area contributed by atoms with Crippen molar-refractivity contribution < 1.29 is 9.53 Å². The molecule has 0 saturated carbocycles. The van der Waals surface area contributed by atoms with E-state index in [1.807, 2.05) is 18.2 Å². The molecule has 2 unspecified atom stereocenters. The Kier molecular flexibility index (Phi) is 5.60. The number of nitrogens with one attached hydrogen (secondary N) is 1. The maximum absolute atomic E-state index is 11.9. The van der Waals surface area contributed by atoms with Gasteiger partial charge in [0.15, 0.2) is 0 Å². The van der Waals surface area contributed by atoms with Crippen molar-refractivity contribution in [3.63, 3.8) is 0 Å². The summed E-state index contributed by atoms with van der Waals surface area (Å²) in [6.07, 6.45) is 4.48. The number of morpholine rings is 1. The summed E-state index contributed by atoms with van der Waals surface area (Å²) in [5.74, 6) is 0.454. The third-order valence-corrected chi connectivity index (χ3v) is 3.97. The molecule has 1 fully saturated rings. The maximum Gasteiger partial charge on any atom is 0.323 e. The molecule has 1 aromatic rings. The lowest BCUT2D eigenvalue weighted by Gasteiger charge is -2.31. The normalized spacial score (nSPS) is 24.2. The average molecular weight is 275 g/mol. The summed E-state index contributed by atoms with van der Waals surface area (Å²) < 4.78 is 5.36. The van der Waals surface area contributed by atoms with Crippen molar-refractivity contribution in [3.05, 3.63) is 35.9 Å². The van der Waals surface area contributed by atoms with E-state index in [0.717, 1.165) is 6.42 Å². The minimum atomic E-state index is -0.166. The van der Waals surface area contributed by atoms with E-state index < -0.39 is 0 Å². The molecule has 0 bridgehead atoms. The molecule has 3 atom stereocenters. The number of benzene rings is 1. The van der Waals surface area contributed by atoms with Gasteiger partial charge in [-0.1, -0.05) is 63.4 Å². The quantitative estimate of drug-likeness (QED) is 0.808. The molecule has 0 spiro atoms. The summed E-state index contributed by atoms with van der Waals surface area (Å²) in [7, 11) is 0. The first-order chi connectivity index (χ1) is 9.70. The Labute approximate surface area is 121 Å². The summed E-state index contributed by atoms with van der Waals surface area (Å²) in [6.45, 7) is 4.85. The number of carbonyl (C=O) groups is 1. The molecule has 20 heavy (non-hydrogen) atoms. The van der Waals surface area contributed by atoms with Crippen LogP contribution < -0.4 is 5.32 Å². The van der Waals surface area contributed by atoms with E-state index in [-0.39, 0.29) is 18.1 Å². The van der Waals surface area contributed by atoms with Crippen molar-refractivity contribution in [3.8, 4) is 0 Å². The molecule has 1 heterocycles. The first-order valence-corrected chi connectivity index (χ1v) is 7.68. The molecule has 0 radical (unpaired) electrons. The van der Waals surface area contributed by atoms with Gasteiger partial charge < -0.3 is 4.74 Å². The van der Waals surface area contributed by atoms with Gasteiger partial charge in [-0.25, -0.2) is 0 Å². The predicted octanol–water partition coefficient (Wildman–Crippen LogP) is 3.46. The fourth-order valence-corrected chi connectivity index (χ4v) is 2.74. The van der Waals surface area contributed by atoms with Gasteiger partial charge in [-0.05, 0) is 17.9 Å². The molecule has 0 amide bonds. The van der Waals surface area contributed by atoms with Crippen LogP contribution in [0.15, 0.2) is 30.3 Å².